The zero-order valence-corrected chi connectivity index (χ0v) is 15.9. The second-order valence-corrected chi connectivity index (χ2v) is 7.42. The molecule has 6 nitrogen and oxygen atoms in total. The number of carbonyl (C=O) groups is 2. The molecule has 4 rings (SSSR count). The Hall–Kier alpha value is -3.02. The van der Waals surface area contributed by atoms with Crippen LogP contribution in [0.4, 0.5) is 5.69 Å². The standard InChI is InChI=1S/C22H24N2O4/c1-27-18-7-3-2-6-16(18)22(10-4-5-11-22)14-23-21(26)15-8-9-19-17(12-15)24-20(25)13-28-19/h2-3,6-9,12H,4-5,10-11,13-14H2,1H3,(H,23,26)(H,24,25). The van der Waals surface area contributed by atoms with Crippen LogP contribution >= 0.6 is 0 Å². The van der Waals surface area contributed by atoms with Gasteiger partial charge in [0.1, 0.15) is 11.5 Å². The molecular weight excluding hydrogens is 356 g/mol. The molecule has 2 N–H and O–H groups in total. The normalized spacial score (nSPS) is 17.2. The molecule has 0 bridgehead atoms. The van der Waals surface area contributed by atoms with Crippen molar-refractivity contribution in [3.8, 4) is 11.5 Å². The molecule has 0 radical (unpaired) electrons. The highest BCUT2D eigenvalue weighted by Gasteiger charge is 2.38. The van der Waals surface area contributed by atoms with Crippen molar-refractivity contribution >= 4 is 17.5 Å². The lowest BCUT2D eigenvalue weighted by atomic mass is 9.78. The number of nitrogens with one attached hydrogen (secondary N) is 2. The van der Waals surface area contributed by atoms with Crippen LogP contribution in [-0.2, 0) is 10.2 Å². The molecule has 2 amide bonds. The SMILES string of the molecule is COc1ccccc1C1(CNC(=O)c2ccc3c(c2)NC(=O)CO3)CCCC1. The molecule has 6 heteroatoms. The van der Waals surface area contributed by atoms with Gasteiger partial charge in [-0.1, -0.05) is 31.0 Å². The van der Waals surface area contributed by atoms with E-state index in [4.69, 9.17) is 9.47 Å². The predicted octanol–water partition coefficient (Wildman–Crippen LogP) is 3.27. The van der Waals surface area contributed by atoms with Crippen LogP contribution in [0, 0.1) is 0 Å². The van der Waals surface area contributed by atoms with Crippen molar-refractivity contribution < 1.29 is 19.1 Å². The summed E-state index contributed by atoms with van der Waals surface area (Å²) in [6, 6.07) is 13.2. The van der Waals surface area contributed by atoms with E-state index >= 15 is 0 Å². The molecule has 1 aliphatic heterocycles. The number of ether oxygens (including phenoxy) is 2. The molecule has 0 aromatic heterocycles. The number of hydrogen-bond donors (Lipinski definition) is 2. The van der Waals surface area contributed by atoms with E-state index in [1.54, 1.807) is 25.3 Å². The zero-order valence-electron chi connectivity index (χ0n) is 15.9. The summed E-state index contributed by atoms with van der Waals surface area (Å²) >= 11 is 0. The van der Waals surface area contributed by atoms with E-state index in [9.17, 15) is 9.59 Å². The van der Waals surface area contributed by atoms with Gasteiger partial charge in [0, 0.05) is 23.1 Å². The number of rotatable bonds is 5. The first-order valence-corrected chi connectivity index (χ1v) is 9.60. The van der Waals surface area contributed by atoms with Crippen molar-refractivity contribution in [2.45, 2.75) is 31.1 Å². The van der Waals surface area contributed by atoms with Crippen LogP contribution in [0.5, 0.6) is 11.5 Å². The van der Waals surface area contributed by atoms with Gasteiger partial charge < -0.3 is 20.1 Å². The Morgan fingerprint density at radius 3 is 2.79 bits per heavy atom. The van der Waals surface area contributed by atoms with E-state index < -0.39 is 0 Å². The first-order valence-electron chi connectivity index (χ1n) is 9.60. The van der Waals surface area contributed by atoms with Crippen LogP contribution in [0.15, 0.2) is 42.5 Å². The lowest BCUT2D eigenvalue weighted by Gasteiger charge is -2.31. The molecule has 1 fully saturated rings. The molecule has 0 spiro atoms. The number of para-hydroxylation sites is 1. The third kappa shape index (κ3) is 3.42. The second kappa shape index (κ2) is 7.54. The average molecular weight is 380 g/mol. The van der Waals surface area contributed by atoms with Crippen LogP contribution < -0.4 is 20.1 Å². The summed E-state index contributed by atoms with van der Waals surface area (Å²) in [4.78, 5) is 24.3. The van der Waals surface area contributed by atoms with Crippen molar-refractivity contribution in [1.29, 1.82) is 0 Å². The van der Waals surface area contributed by atoms with E-state index in [0.29, 0.717) is 23.5 Å². The van der Waals surface area contributed by atoms with Gasteiger partial charge in [-0.3, -0.25) is 9.59 Å². The van der Waals surface area contributed by atoms with Crippen LogP contribution in [0.2, 0.25) is 0 Å². The lowest BCUT2D eigenvalue weighted by molar-refractivity contribution is -0.118. The number of methoxy groups -OCH3 is 1. The summed E-state index contributed by atoms with van der Waals surface area (Å²) in [7, 11) is 1.68. The maximum absolute atomic E-state index is 12.8. The van der Waals surface area contributed by atoms with E-state index in [0.717, 1.165) is 37.0 Å². The van der Waals surface area contributed by atoms with E-state index in [1.807, 2.05) is 18.2 Å². The minimum atomic E-state index is -0.217. The minimum Gasteiger partial charge on any atom is -0.496 e. The van der Waals surface area contributed by atoms with Gasteiger partial charge in [0.2, 0.25) is 0 Å². The van der Waals surface area contributed by atoms with E-state index in [1.165, 1.54) is 0 Å². The Bertz CT molecular complexity index is 903. The lowest BCUT2D eigenvalue weighted by Crippen LogP contribution is -2.39. The van der Waals surface area contributed by atoms with Crippen LogP contribution in [0.25, 0.3) is 0 Å². The first-order chi connectivity index (χ1) is 13.6. The summed E-state index contributed by atoms with van der Waals surface area (Å²) in [6.45, 7) is 0.548. The van der Waals surface area contributed by atoms with Crippen LogP contribution in [-0.4, -0.2) is 32.1 Å². The van der Waals surface area contributed by atoms with E-state index in [-0.39, 0.29) is 23.8 Å². The third-order valence-corrected chi connectivity index (χ3v) is 5.70. The highest BCUT2D eigenvalue weighted by molar-refractivity contribution is 5.99. The topological polar surface area (TPSA) is 76.7 Å². The molecule has 1 saturated carbocycles. The average Bonchev–Trinajstić information content (AvgIpc) is 3.21. The quantitative estimate of drug-likeness (QED) is 0.835. The smallest absolute Gasteiger partial charge is 0.262 e. The van der Waals surface area contributed by atoms with Crippen molar-refractivity contribution in [3.05, 3.63) is 53.6 Å². The van der Waals surface area contributed by atoms with Crippen LogP contribution in [0.3, 0.4) is 0 Å². The number of anilines is 1. The summed E-state index contributed by atoms with van der Waals surface area (Å²) in [5.74, 6) is 1.07. The zero-order chi connectivity index (χ0) is 19.6. The Kier molecular flexibility index (Phi) is 4.94. The van der Waals surface area contributed by atoms with E-state index in [2.05, 4.69) is 16.7 Å². The summed E-state index contributed by atoms with van der Waals surface area (Å²) in [6.07, 6.45) is 4.30. The minimum absolute atomic E-state index is 0.0000281. The molecule has 2 aromatic rings. The van der Waals surface area contributed by atoms with Gasteiger partial charge >= 0.3 is 0 Å². The van der Waals surface area contributed by atoms with Gasteiger partial charge in [-0.05, 0) is 37.1 Å². The Morgan fingerprint density at radius 2 is 2.00 bits per heavy atom. The number of benzene rings is 2. The molecule has 1 aliphatic carbocycles. The molecular formula is C22H24N2O4. The Labute approximate surface area is 164 Å². The van der Waals surface area contributed by atoms with Crippen molar-refractivity contribution in [2.75, 3.05) is 25.6 Å². The molecule has 2 aromatic carbocycles. The van der Waals surface area contributed by atoms with Crippen molar-refractivity contribution in [3.63, 3.8) is 0 Å². The molecule has 0 unspecified atom stereocenters. The molecule has 2 aliphatic rings. The Morgan fingerprint density at radius 1 is 1.21 bits per heavy atom. The number of amides is 2. The molecule has 146 valence electrons. The maximum atomic E-state index is 12.8. The molecule has 28 heavy (non-hydrogen) atoms. The molecule has 0 saturated heterocycles. The second-order valence-electron chi connectivity index (χ2n) is 7.42. The van der Waals surface area contributed by atoms with Crippen LogP contribution in [0.1, 0.15) is 41.6 Å². The fourth-order valence-corrected chi connectivity index (χ4v) is 4.25. The highest BCUT2D eigenvalue weighted by Crippen LogP contribution is 2.44. The van der Waals surface area contributed by atoms with Crippen molar-refractivity contribution in [1.82, 2.24) is 5.32 Å². The number of fused-ring (bicyclic) bond motifs is 1. The maximum Gasteiger partial charge on any atom is 0.262 e. The monoisotopic (exact) mass is 380 g/mol. The number of carbonyl (C=O) groups excluding carboxylic acids is 2. The van der Waals surface area contributed by atoms with Gasteiger partial charge in [-0.2, -0.15) is 0 Å². The Balaban J connectivity index is 1.53. The number of hydrogen-bond acceptors (Lipinski definition) is 4. The molecule has 0 atom stereocenters. The summed E-state index contributed by atoms with van der Waals surface area (Å²) < 4.78 is 10.9. The summed E-state index contributed by atoms with van der Waals surface area (Å²) in [5.41, 5.74) is 2.07. The third-order valence-electron chi connectivity index (χ3n) is 5.70. The van der Waals surface area contributed by atoms with Gasteiger partial charge in [0.15, 0.2) is 6.61 Å². The fraction of sp³-hybridized carbons (Fsp3) is 0.364. The predicted molar refractivity (Wildman–Crippen MR) is 106 cm³/mol. The van der Waals surface area contributed by atoms with Gasteiger partial charge in [0.25, 0.3) is 11.8 Å². The fourth-order valence-electron chi connectivity index (χ4n) is 4.25. The largest absolute Gasteiger partial charge is 0.496 e. The summed E-state index contributed by atoms with van der Waals surface area (Å²) in [5, 5.41) is 5.84. The highest BCUT2D eigenvalue weighted by atomic mass is 16.5. The van der Waals surface area contributed by atoms with Crippen molar-refractivity contribution in [2.24, 2.45) is 0 Å². The van der Waals surface area contributed by atoms with Gasteiger partial charge in [-0.25, -0.2) is 0 Å². The first kappa shape index (κ1) is 18.3. The molecule has 1 heterocycles. The van der Waals surface area contributed by atoms with Gasteiger partial charge in [0.05, 0.1) is 12.8 Å². The van der Waals surface area contributed by atoms with Gasteiger partial charge in [-0.15, -0.1) is 0 Å².